The second kappa shape index (κ2) is 8.71. The number of carboxylic acid groups (broad SMARTS) is 1. The molecule has 2 saturated heterocycles. The molecule has 0 spiro atoms. The van der Waals surface area contributed by atoms with Gasteiger partial charge in [-0.15, -0.1) is 11.3 Å². The first kappa shape index (κ1) is 20.6. The summed E-state index contributed by atoms with van der Waals surface area (Å²) in [7, 11) is 0. The molecule has 1 atom stereocenters. The van der Waals surface area contributed by atoms with Gasteiger partial charge in [0, 0.05) is 49.4 Å². The average molecular weight is 457 g/mol. The molecule has 0 aliphatic carbocycles. The highest BCUT2D eigenvalue weighted by molar-refractivity contribution is 7.16. The predicted octanol–water partition coefficient (Wildman–Crippen LogP) is 1.50. The van der Waals surface area contributed by atoms with Crippen molar-refractivity contribution in [2.45, 2.75) is 31.3 Å². The van der Waals surface area contributed by atoms with Crippen LogP contribution in [0.25, 0.3) is 16.2 Å². The molecule has 2 aliphatic rings. The standard InChI is InChI=1S/C20H24N8O3S/c29-18(27-5-2-12(3-6-27)24-20(30)31)15-9-16(23-13-1-4-21-10-13)26-17(25-15)14-11-22-28-7-8-32-19(14)28/h7-9,11-13,21,24H,1-6,10H2,(H,30,31)(H,23,25,26)/t13-/m1/s1. The molecule has 11 nitrogen and oxygen atoms in total. The van der Waals surface area contributed by atoms with Gasteiger partial charge in [-0.3, -0.25) is 4.79 Å². The normalized spacial score (nSPS) is 19.4. The highest BCUT2D eigenvalue weighted by Crippen LogP contribution is 2.27. The smallest absolute Gasteiger partial charge is 0.404 e. The Morgan fingerprint density at radius 2 is 2.03 bits per heavy atom. The van der Waals surface area contributed by atoms with Gasteiger partial charge in [0.2, 0.25) is 0 Å². The van der Waals surface area contributed by atoms with E-state index in [4.69, 9.17) is 10.1 Å². The van der Waals surface area contributed by atoms with Crippen LogP contribution in [0.15, 0.2) is 23.8 Å². The Balaban J connectivity index is 1.42. The highest BCUT2D eigenvalue weighted by atomic mass is 32.1. The van der Waals surface area contributed by atoms with Gasteiger partial charge in [-0.05, 0) is 25.8 Å². The van der Waals surface area contributed by atoms with E-state index in [2.05, 4.69) is 26.0 Å². The summed E-state index contributed by atoms with van der Waals surface area (Å²) in [6.07, 6.45) is 4.70. The van der Waals surface area contributed by atoms with E-state index in [1.165, 1.54) is 0 Å². The van der Waals surface area contributed by atoms with E-state index in [1.807, 2.05) is 11.6 Å². The van der Waals surface area contributed by atoms with Crippen LogP contribution < -0.4 is 16.0 Å². The molecule has 0 bridgehead atoms. The second-order valence-corrected chi connectivity index (χ2v) is 8.92. The number of piperidine rings is 1. The second-order valence-electron chi connectivity index (χ2n) is 8.02. The number of hydrogen-bond donors (Lipinski definition) is 4. The molecule has 0 unspecified atom stereocenters. The minimum atomic E-state index is -1.03. The number of carbonyl (C=O) groups excluding carboxylic acids is 1. The number of rotatable bonds is 5. The maximum Gasteiger partial charge on any atom is 0.404 e. The molecular formula is C20H24N8O3S. The van der Waals surface area contributed by atoms with E-state index >= 15 is 0 Å². The molecule has 5 rings (SSSR count). The lowest BCUT2D eigenvalue weighted by Crippen LogP contribution is -2.46. The van der Waals surface area contributed by atoms with Crippen molar-refractivity contribution in [3.8, 4) is 11.4 Å². The highest BCUT2D eigenvalue weighted by Gasteiger charge is 2.27. The average Bonchev–Trinajstić information content (AvgIpc) is 3.52. The van der Waals surface area contributed by atoms with E-state index in [9.17, 15) is 9.59 Å². The van der Waals surface area contributed by atoms with Gasteiger partial charge >= 0.3 is 6.09 Å². The minimum absolute atomic E-state index is 0.135. The summed E-state index contributed by atoms with van der Waals surface area (Å²) in [5, 5.41) is 24.5. The molecule has 12 heteroatoms. The Bertz CT molecular complexity index is 1130. The molecule has 3 aromatic heterocycles. The van der Waals surface area contributed by atoms with Gasteiger partial charge in [0.05, 0.1) is 11.8 Å². The van der Waals surface area contributed by atoms with Crippen molar-refractivity contribution in [3.63, 3.8) is 0 Å². The fourth-order valence-corrected chi connectivity index (χ4v) is 4.97. The number of nitrogens with zero attached hydrogens (tertiary/aromatic N) is 5. The molecule has 0 saturated carbocycles. The van der Waals surface area contributed by atoms with Crippen LogP contribution in [-0.4, -0.2) is 79.9 Å². The summed E-state index contributed by atoms with van der Waals surface area (Å²) in [5.74, 6) is 0.902. The Hall–Kier alpha value is -3.25. The number of thiazole rings is 1. The van der Waals surface area contributed by atoms with Gasteiger partial charge in [-0.2, -0.15) is 5.10 Å². The van der Waals surface area contributed by atoms with Crippen molar-refractivity contribution in [3.05, 3.63) is 29.5 Å². The van der Waals surface area contributed by atoms with Crippen molar-refractivity contribution in [2.75, 3.05) is 31.5 Å². The van der Waals surface area contributed by atoms with Gasteiger partial charge < -0.3 is 26.0 Å². The predicted molar refractivity (Wildman–Crippen MR) is 119 cm³/mol. The van der Waals surface area contributed by atoms with E-state index in [0.29, 0.717) is 43.3 Å². The van der Waals surface area contributed by atoms with Crippen LogP contribution in [0.4, 0.5) is 10.6 Å². The van der Waals surface area contributed by atoms with Crippen LogP contribution in [0.1, 0.15) is 29.8 Å². The first-order chi connectivity index (χ1) is 15.6. The molecule has 5 heterocycles. The molecule has 0 radical (unpaired) electrons. The van der Waals surface area contributed by atoms with Gasteiger partial charge in [0.1, 0.15) is 16.3 Å². The van der Waals surface area contributed by atoms with Crippen LogP contribution in [-0.2, 0) is 0 Å². The summed E-state index contributed by atoms with van der Waals surface area (Å²) in [4.78, 5) is 36.1. The zero-order valence-corrected chi connectivity index (χ0v) is 18.1. The summed E-state index contributed by atoms with van der Waals surface area (Å²) in [5.41, 5.74) is 1.11. The lowest BCUT2D eigenvalue weighted by molar-refractivity contribution is 0.0700. The van der Waals surface area contributed by atoms with Gasteiger partial charge in [0.25, 0.3) is 5.91 Å². The zero-order chi connectivity index (χ0) is 22.1. The summed E-state index contributed by atoms with van der Waals surface area (Å²) >= 11 is 1.54. The topological polar surface area (TPSA) is 137 Å². The molecule has 168 valence electrons. The van der Waals surface area contributed by atoms with E-state index in [1.54, 1.807) is 33.0 Å². The molecule has 32 heavy (non-hydrogen) atoms. The third-order valence-corrected chi connectivity index (χ3v) is 6.73. The number of hydrogen-bond acceptors (Lipinski definition) is 8. The van der Waals surface area contributed by atoms with Crippen LogP contribution in [0, 0.1) is 0 Å². The quantitative estimate of drug-likeness (QED) is 0.453. The van der Waals surface area contributed by atoms with E-state index in [-0.39, 0.29) is 18.0 Å². The molecule has 2 aliphatic heterocycles. The maximum absolute atomic E-state index is 13.3. The summed E-state index contributed by atoms with van der Waals surface area (Å²) in [6, 6.07) is 1.82. The number of likely N-dealkylation sites (tertiary alicyclic amines) is 1. The number of anilines is 1. The van der Waals surface area contributed by atoms with Crippen molar-refractivity contribution >= 4 is 34.0 Å². The fraction of sp³-hybridized carbons (Fsp3) is 0.450. The SMILES string of the molecule is O=C(O)NC1CCN(C(=O)c2cc(N[C@@H]3CCNC3)nc(-c3cnn4ccsc34)n2)CC1. The zero-order valence-electron chi connectivity index (χ0n) is 17.3. The number of amides is 2. The van der Waals surface area contributed by atoms with Crippen molar-refractivity contribution in [1.82, 2.24) is 35.1 Å². The Morgan fingerprint density at radius 1 is 1.19 bits per heavy atom. The van der Waals surface area contributed by atoms with Crippen LogP contribution in [0.5, 0.6) is 0 Å². The molecular weight excluding hydrogens is 432 g/mol. The summed E-state index contributed by atoms with van der Waals surface area (Å²) < 4.78 is 1.77. The van der Waals surface area contributed by atoms with E-state index in [0.717, 1.165) is 29.9 Å². The van der Waals surface area contributed by atoms with Crippen LogP contribution in [0.2, 0.25) is 0 Å². The lowest BCUT2D eigenvalue weighted by atomic mass is 10.0. The summed E-state index contributed by atoms with van der Waals surface area (Å²) in [6.45, 7) is 2.73. The van der Waals surface area contributed by atoms with Crippen LogP contribution >= 0.6 is 11.3 Å². The molecule has 0 aromatic carbocycles. The molecule has 2 fully saturated rings. The third kappa shape index (κ3) is 4.23. The number of nitrogens with one attached hydrogen (secondary N) is 3. The van der Waals surface area contributed by atoms with Crippen molar-refractivity contribution in [2.24, 2.45) is 0 Å². The van der Waals surface area contributed by atoms with Gasteiger partial charge in [-0.1, -0.05) is 0 Å². The number of fused-ring (bicyclic) bond motifs is 1. The van der Waals surface area contributed by atoms with Crippen molar-refractivity contribution < 1.29 is 14.7 Å². The monoisotopic (exact) mass is 456 g/mol. The third-order valence-electron chi connectivity index (χ3n) is 5.84. The Kier molecular flexibility index (Phi) is 5.62. The molecule has 3 aromatic rings. The first-order valence-electron chi connectivity index (χ1n) is 10.6. The minimum Gasteiger partial charge on any atom is -0.465 e. The Morgan fingerprint density at radius 3 is 2.78 bits per heavy atom. The number of carbonyl (C=O) groups is 2. The maximum atomic E-state index is 13.3. The number of aromatic nitrogens is 4. The van der Waals surface area contributed by atoms with E-state index < -0.39 is 6.09 Å². The lowest BCUT2D eigenvalue weighted by Gasteiger charge is -2.31. The first-order valence-corrected chi connectivity index (χ1v) is 11.5. The van der Waals surface area contributed by atoms with Crippen LogP contribution in [0.3, 0.4) is 0 Å². The molecule has 4 N–H and O–H groups in total. The van der Waals surface area contributed by atoms with Gasteiger partial charge in [-0.25, -0.2) is 19.3 Å². The molecule has 2 amide bonds. The fourth-order valence-electron chi connectivity index (χ4n) is 4.18. The largest absolute Gasteiger partial charge is 0.465 e. The Labute approximate surface area is 187 Å². The van der Waals surface area contributed by atoms with Gasteiger partial charge in [0.15, 0.2) is 5.82 Å². The van der Waals surface area contributed by atoms with Crippen molar-refractivity contribution in [1.29, 1.82) is 0 Å².